The molecule has 1 N–H and O–H groups in total. The summed E-state index contributed by atoms with van der Waals surface area (Å²) in [6.07, 6.45) is 5.43. The summed E-state index contributed by atoms with van der Waals surface area (Å²) in [5, 5.41) is 1.06. The van der Waals surface area contributed by atoms with Gasteiger partial charge in [-0.15, -0.1) is 0 Å². The summed E-state index contributed by atoms with van der Waals surface area (Å²) in [4.78, 5) is 11.9. The maximum atomic E-state index is 5.91. The fraction of sp³-hybridized carbons (Fsp3) is 0. The Morgan fingerprint density at radius 2 is 1.82 bits per heavy atom. The van der Waals surface area contributed by atoms with Crippen LogP contribution < -0.4 is 4.74 Å². The van der Waals surface area contributed by atoms with Gasteiger partial charge in [0.2, 0.25) is 5.88 Å². The topological polar surface area (TPSA) is 50.8 Å². The van der Waals surface area contributed by atoms with E-state index in [1.807, 2.05) is 60.9 Å². The molecule has 0 saturated carbocycles. The van der Waals surface area contributed by atoms with Crippen molar-refractivity contribution >= 4 is 11.0 Å². The number of ether oxygens (including phenoxy) is 1. The Kier molecular flexibility index (Phi) is 3.05. The molecule has 0 unspecified atom stereocenters. The molecule has 0 aliphatic carbocycles. The zero-order valence-corrected chi connectivity index (χ0v) is 11.7. The largest absolute Gasteiger partial charge is 0.438 e. The van der Waals surface area contributed by atoms with Gasteiger partial charge in [0.25, 0.3) is 0 Å². The summed E-state index contributed by atoms with van der Waals surface area (Å²) in [5.41, 5.74) is 2.77. The van der Waals surface area contributed by atoms with Crippen molar-refractivity contribution in [2.24, 2.45) is 0 Å². The molecule has 106 valence electrons. The van der Waals surface area contributed by atoms with Crippen LogP contribution in [-0.2, 0) is 0 Å². The molecular formula is C18H13N3O. The molecule has 1 aromatic carbocycles. The first-order valence-electron chi connectivity index (χ1n) is 7.01. The van der Waals surface area contributed by atoms with Gasteiger partial charge in [-0.3, -0.25) is 0 Å². The molecule has 3 aromatic heterocycles. The number of aromatic nitrogens is 3. The number of rotatable bonds is 3. The summed E-state index contributed by atoms with van der Waals surface area (Å²) < 4.78 is 5.91. The Hall–Kier alpha value is -3.14. The van der Waals surface area contributed by atoms with Crippen LogP contribution in [0.25, 0.3) is 22.2 Å². The number of hydrogen-bond donors (Lipinski definition) is 1. The molecule has 4 rings (SSSR count). The van der Waals surface area contributed by atoms with Gasteiger partial charge in [-0.05, 0) is 36.4 Å². The van der Waals surface area contributed by atoms with E-state index in [4.69, 9.17) is 4.74 Å². The van der Waals surface area contributed by atoms with E-state index < -0.39 is 0 Å². The molecule has 4 heteroatoms. The minimum atomic E-state index is 0.574. The van der Waals surface area contributed by atoms with Crippen LogP contribution in [0.4, 0.5) is 0 Å². The third-order valence-corrected chi connectivity index (χ3v) is 3.44. The van der Waals surface area contributed by atoms with Gasteiger partial charge < -0.3 is 9.72 Å². The molecule has 0 saturated heterocycles. The highest BCUT2D eigenvalue weighted by atomic mass is 16.5. The van der Waals surface area contributed by atoms with Crippen LogP contribution >= 0.6 is 0 Å². The van der Waals surface area contributed by atoms with Gasteiger partial charge in [0.15, 0.2) is 0 Å². The first kappa shape index (κ1) is 12.6. The minimum absolute atomic E-state index is 0.574. The van der Waals surface area contributed by atoms with E-state index in [0.29, 0.717) is 5.88 Å². The zero-order chi connectivity index (χ0) is 14.8. The molecule has 0 aliphatic heterocycles. The Morgan fingerprint density at radius 1 is 0.909 bits per heavy atom. The van der Waals surface area contributed by atoms with E-state index in [1.165, 1.54) is 0 Å². The highest BCUT2D eigenvalue weighted by Gasteiger charge is 2.10. The third-order valence-electron chi connectivity index (χ3n) is 3.44. The second-order valence-corrected chi connectivity index (χ2v) is 4.91. The van der Waals surface area contributed by atoms with Crippen molar-refractivity contribution in [3.8, 4) is 22.8 Å². The number of nitrogens with zero attached hydrogens (tertiary/aromatic N) is 2. The van der Waals surface area contributed by atoms with Crippen LogP contribution in [0.5, 0.6) is 11.6 Å². The lowest BCUT2D eigenvalue weighted by Gasteiger charge is -2.09. The van der Waals surface area contributed by atoms with E-state index in [0.717, 1.165) is 27.9 Å². The van der Waals surface area contributed by atoms with Crippen LogP contribution in [0, 0.1) is 0 Å². The molecule has 4 aromatic rings. The average molecular weight is 287 g/mol. The van der Waals surface area contributed by atoms with Crippen LogP contribution in [0.2, 0.25) is 0 Å². The number of para-hydroxylation sites is 1. The molecule has 0 aliphatic rings. The monoisotopic (exact) mass is 287 g/mol. The molecule has 0 bridgehead atoms. The molecule has 22 heavy (non-hydrogen) atoms. The van der Waals surface area contributed by atoms with E-state index in [2.05, 4.69) is 21.0 Å². The highest BCUT2D eigenvalue weighted by Crippen LogP contribution is 2.31. The molecule has 0 atom stereocenters. The van der Waals surface area contributed by atoms with Gasteiger partial charge in [-0.2, -0.15) is 0 Å². The maximum absolute atomic E-state index is 5.91. The van der Waals surface area contributed by atoms with Crippen molar-refractivity contribution in [2.45, 2.75) is 0 Å². The fourth-order valence-corrected chi connectivity index (χ4v) is 2.38. The lowest BCUT2D eigenvalue weighted by Crippen LogP contribution is -1.91. The third kappa shape index (κ3) is 2.31. The Labute approximate surface area is 127 Å². The number of pyridine rings is 2. The predicted octanol–water partition coefficient (Wildman–Crippen LogP) is 4.42. The number of hydrogen-bond acceptors (Lipinski definition) is 3. The Bertz CT molecular complexity index is 916. The molecule has 4 nitrogen and oxygen atoms in total. The summed E-state index contributed by atoms with van der Waals surface area (Å²) in [5.74, 6) is 1.34. The minimum Gasteiger partial charge on any atom is -0.438 e. The van der Waals surface area contributed by atoms with Gasteiger partial charge >= 0.3 is 0 Å². The summed E-state index contributed by atoms with van der Waals surface area (Å²) in [6.45, 7) is 0. The van der Waals surface area contributed by atoms with Crippen molar-refractivity contribution in [1.82, 2.24) is 15.0 Å². The zero-order valence-electron chi connectivity index (χ0n) is 11.7. The van der Waals surface area contributed by atoms with Gasteiger partial charge in [0.05, 0.1) is 0 Å². The van der Waals surface area contributed by atoms with Crippen molar-refractivity contribution in [3.63, 3.8) is 0 Å². The molecule has 0 amide bonds. The molecule has 0 fully saturated rings. The number of benzene rings is 1. The summed E-state index contributed by atoms with van der Waals surface area (Å²) in [7, 11) is 0. The summed E-state index contributed by atoms with van der Waals surface area (Å²) >= 11 is 0. The Morgan fingerprint density at radius 3 is 2.73 bits per heavy atom. The average Bonchev–Trinajstić information content (AvgIpc) is 3.04. The number of nitrogens with one attached hydrogen (secondary N) is 1. The van der Waals surface area contributed by atoms with Crippen LogP contribution in [0.3, 0.4) is 0 Å². The molecule has 0 spiro atoms. The molecule has 0 radical (unpaired) electrons. The Balaban J connectivity index is 1.78. The van der Waals surface area contributed by atoms with Gasteiger partial charge in [0.1, 0.15) is 11.4 Å². The van der Waals surface area contributed by atoms with Gasteiger partial charge in [-0.1, -0.05) is 18.2 Å². The van der Waals surface area contributed by atoms with Crippen molar-refractivity contribution in [3.05, 3.63) is 73.2 Å². The van der Waals surface area contributed by atoms with E-state index in [1.54, 1.807) is 6.20 Å². The number of fused-ring (bicyclic) bond motifs is 1. The lowest BCUT2D eigenvalue weighted by molar-refractivity contribution is 0.465. The van der Waals surface area contributed by atoms with E-state index in [9.17, 15) is 0 Å². The van der Waals surface area contributed by atoms with Crippen LogP contribution in [-0.4, -0.2) is 15.0 Å². The normalized spacial score (nSPS) is 10.7. The molecular weight excluding hydrogens is 274 g/mol. The highest BCUT2D eigenvalue weighted by molar-refractivity contribution is 5.82. The van der Waals surface area contributed by atoms with Crippen LogP contribution in [0.15, 0.2) is 73.2 Å². The summed E-state index contributed by atoms with van der Waals surface area (Å²) in [6, 6.07) is 17.6. The second kappa shape index (κ2) is 5.33. The van der Waals surface area contributed by atoms with Crippen LogP contribution in [0.1, 0.15) is 0 Å². The standard InChI is InChI=1S/C18H13N3O/c1-2-5-15(6-3-1)22-18-16(7-4-9-20-18)14-11-13-8-10-19-17(13)21-12-14/h1-12H,(H,19,21). The first-order chi connectivity index (χ1) is 10.9. The fourth-order valence-electron chi connectivity index (χ4n) is 2.38. The first-order valence-corrected chi connectivity index (χ1v) is 7.01. The molecule has 3 heterocycles. The van der Waals surface area contributed by atoms with E-state index >= 15 is 0 Å². The predicted molar refractivity (Wildman–Crippen MR) is 85.8 cm³/mol. The van der Waals surface area contributed by atoms with Gasteiger partial charge in [-0.25, -0.2) is 9.97 Å². The SMILES string of the molecule is c1ccc(Oc2ncccc2-c2cnc3[nH]ccc3c2)cc1. The smallest absolute Gasteiger partial charge is 0.227 e. The van der Waals surface area contributed by atoms with Crippen molar-refractivity contribution in [1.29, 1.82) is 0 Å². The maximum Gasteiger partial charge on any atom is 0.227 e. The lowest BCUT2D eigenvalue weighted by atomic mass is 10.1. The quantitative estimate of drug-likeness (QED) is 0.607. The van der Waals surface area contributed by atoms with E-state index in [-0.39, 0.29) is 0 Å². The number of H-pyrrole nitrogens is 1. The number of aromatic amines is 1. The van der Waals surface area contributed by atoms with Crippen molar-refractivity contribution in [2.75, 3.05) is 0 Å². The van der Waals surface area contributed by atoms with Crippen molar-refractivity contribution < 1.29 is 4.74 Å². The van der Waals surface area contributed by atoms with Gasteiger partial charge in [0, 0.05) is 35.1 Å². The second-order valence-electron chi connectivity index (χ2n) is 4.91.